The zero-order valence-electron chi connectivity index (χ0n) is 11.7. The second-order valence-corrected chi connectivity index (χ2v) is 5.49. The summed E-state index contributed by atoms with van der Waals surface area (Å²) in [5.41, 5.74) is 6.69. The monoisotopic (exact) mass is 260 g/mol. The number of likely N-dealkylation sites (tertiary alicyclic amines) is 1. The highest BCUT2D eigenvalue weighted by Crippen LogP contribution is 2.34. The Labute approximate surface area is 115 Å². The van der Waals surface area contributed by atoms with E-state index >= 15 is 0 Å². The molecular formula is C16H24N2O. The normalized spacial score (nSPS) is 24.3. The van der Waals surface area contributed by atoms with E-state index in [0.717, 1.165) is 19.6 Å². The SMILES string of the molecule is CC[C@@H]1CN(CCC(N)=O)CC[C@H]1c1ccccc1. The molecule has 2 N–H and O–H groups in total. The van der Waals surface area contributed by atoms with Crippen LogP contribution in [0.4, 0.5) is 0 Å². The first-order chi connectivity index (χ1) is 9.20. The summed E-state index contributed by atoms with van der Waals surface area (Å²) in [6.07, 6.45) is 2.85. The summed E-state index contributed by atoms with van der Waals surface area (Å²) in [7, 11) is 0. The maximum absolute atomic E-state index is 10.9. The van der Waals surface area contributed by atoms with E-state index < -0.39 is 0 Å². The molecule has 1 aliphatic rings. The van der Waals surface area contributed by atoms with E-state index in [1.165, 1.54) is 18.4 Å². The Morgan fingerprint density at radius 2 is 2.11 bits per heavy atom. The summed E-state index contributed by atoms with van der Waals surface area (Å²) in [5, 5.41) is 0. The van der Waals surface area contributed by atoms with Crippen molar-refractivity contribution in [2.45, 2.75) is 32.1 Å². The minimum absolute atomic E-state index is 0.196. The fourth-order valence-electron chi connectivity index (χ4n) is 3.13. The molecule has 0 unspecified atom stereocenters. The van der Waals surface area contributed by atoms with Gasteiger partial charge in [0.15, 0.2) is 0 Å². The molecule has 104 valence electrons. The molecule has 19 heavy (non-hydrogen) atoms. The Kier molecular flexibility index (Phi) is 4.97. The molecule has 3 heteroatoms. The molecule has 0 spiro atoms. The molecule has 1 aliphatic heterocycles. The van der Waals surface area contributed by atoms with Gasteiger partial charge in [-0.25, -0.2) is 0 Å². The third-order valence-electron chi connectivity index (χ3n) is 4.24. The molecule has 0 saturated carbocycles. The fraction of sp³-hybridized carbons (Fsp3) is 0.562. The number of amides is 1. The zero-order valence-corrected chi connectivity index (χ0v) is 11.7. The van der Waals surface area contributed by atoms with E-state index in [1.807, 2.05) is 0 Å². The average molecular weight is 260 g/mol. The first kappa shape index (κ1) is 14.1. The second-order valence-electron chi connectivity index (χ2n) is 5.49. The molecule has 1 fully saturated rings. The van der Waals surface area contributed by atoms with Crippen molar-refractivity contribution >= 4 is 5.91 Å². The van der Waals surface area contributed by atoms with Gasteiger partial charge in [-0.2, -0.15) is 0 Å². The van der Waals surface area contributed by atoms with Crippen LogP contribution in [0.25, 0.3) is 0 Å². The van der Waals surface area contributed by atoms with Crippen LogP contribution >= 0.6 is 0 Å². The Hall–Kier alpha value is -1.35. The molecule has 0 aromatic heterocycles. The first-order valence-electron chi connectivity index (χ1n) is 7.26. The molecule has 0 radical (unpaired) electrons. The number of primary amides is 1. The zero-order chi connectivity index (χ0) is 13.7. The number of benzene rings is 1. The highest BCUT2D eigenvalue weighted by molar-refractivity contribution is 5.73. The summed E-state index contributed by atoms with van der Waals surface area (Å²) < 4.78 is 0. The van der Waals surface area contributed by atoms with Gasteiger partial charge in [0.2, 0.25) is 5.91 Å². The summed E-state index contributed by atoms with van der Waals surface area (Å²) in [4.78, 5) is 13.3. The summed E-state index contributed by atoms with van der Waals surface area (Å²) in [6.45, 7) is 5.23. The number of rotatable bonds is 5. The number of nitrogens with zero attached hydrogens (tertiary/aromatic N) is 1. The van der Waals surface area contributed by atoms with Gasteiger partial charge < -0.3 is 10.6 Å². The number of nitrogens with two attached hydrogens (primary N) is 1. The van der Waals surface area contributed by atoms with E-state index in [1.54, 1.807) is 0 Å². The molecular weight excluding hydrogens is 236 g/mol. The smallest absolute Gasteiger partial charge is 0.218 e. The van der Waals surface area contributed by atoms with Gasteiger partial charge in [-0.15, -0.1) is 0 Å². The highest BCUT2D eigenvalue weighted by atomic mass is 16.1. The third kappa shape index (κ3) is 3.80. The van der Waals surface area contributed by atoms with Crippen LogP contribution in [0.2, 0.25) is 0 Å². The largest absolute Gasteiger partial charge is 0.370 e. The van der Waals surface area contributed by atoms with Crippen LogP contribution in [0.1, 0.15) is 37.7 Å². The fourth-order valence-corrected chi connectivity index (χ4v) is 3.13. The van der Waals surface area contributed by atoms with Crippen molar-refractivity contribution in [1.82, 2.24) is 4.90 Å². The Morgan fingerprint density at radius 1 is 1.37 bits per heavy atom. The lowest BCUT2D eigenvalue weighted by Gasteiger charge is -2.38. The molecule has 1 aromatic carbocycles. The minimum Gasteiger partial charge on any atom is -0.370 e. The molecule has 1 aromatic rings. The number of carbonyl (C=O) groups excluding carboxylic acids is 1. The van der Waals surface area contributed by atoms with Crippen molar-refractivity contribution in [3.63, 3.8) is 0 Å². The van der Waals surface area contributed by atoms with Crippen LogP contribution in [0.5, 0.6) is 0 Å². The average Bonchev–Trinajstić information content (AvgIpc) is 2.45. The highest BCUT2D eigenvalue weighted by Gasteiger charge is 2.28. The second kappa shape index (κ2) is 6.71. The molecule has 1 heterocycles. The Balaban J connectivity index is 1.97. The first-order valence-corrected chi connectivity index (χ1v) is 7.26. The van der Waals surface area contributed by atoms with Crippen LogP contribution in [0.15, 0.2) is 30.3 Å². The van der Waals surface area contributed by atoms with Gasteiger partial charge >= 0.3 is 0 Å². The van der Waals surface area contributed by atoms with Gasteiger partial charge in [-0.3, -0.25) is 4.79 Å². The summed E-state index contributed by atoms with van der Waals surface area (Å²) in [5.74, 6) is 1.15. The van der Waals surface area contributed by atoms with Gasteiger partial charge in [0.1, 0.15) is 0 Å². The lowest BCUT2D eigenvalue weighted by Crippen LogP contribution is -2.40. The molecule has 0 bridgehead atoms. The third-order valence-corrected chi connectivity index (χ3v) is 4.24. The Bertz CT molecular complexity index is 404. The van der Waals surface area contributed by atoms with Gasteiger partial charge in [0.25, 0.3) is 0 Å². The summed E-state index contributed by atoms with van der Waals surface area (Å²) >= 11 is 0. The maximum Gasteiger partial charge on any atom is 0.218 e. The van der Waals surface area contributed by atoms with Crippen molar-refractivity contribution in [3.05, 3.63) is 35.9 Å². The van der Waals surface area contributed by atoms with Crippen LogP contribution in [0, 0.1) is 5.92 Å². The van der Waals surface area contributed by atoms with Gasteiger partial charge in [-0.05, 0) is 30.4 Å². The predicted octanol–water partition coefficient (Wildman–Crippen LogP) is 2.38. The van der Waals surface area contributed by atoms with Crippen LogP contribution in [-0.2, 0) is 4.79 Å². The van der Waals surface area contributed by atoms with E-state index in [-0.39, 0.29) is 5.91 Å². The quantitative estimate of drug-likeness (QED) is 0.883. The van der Waals surface area contributed by atoms with Crippen molar-refractivity contribution in [2.75, 3.05) is 19.6 Å². The van der Waals surface area contributed by atoms with E-state index in [9.17, 15) is 4.79 Å². The van der Waals surface area contributed by atoms with Crippen LogP contribution in [-0.4, -0.2) is 30.4 Å². The molecule has 1 amide bonds. The van der Waals surface area contributed by atoms with Crippen molar-refractivity contribution < 1.29 is 4.79 Å². The van der Waals surface area contributed by atoms with Crippen LogP contribution < -0.4 is 5.73 Å². The molecule has 2 atom stereocenters. The van der Waals surface area contributed by atoms with Gasteiger partial charge in [0, 0.05) is 19.5 Å². The number of carbonyl (C=O) groups is 1. The molecule has 1 saturated heterocycles. The predicted molar refractivity (Wildman–Crippen MR) is 77.8 cm³/mol. The van der Waals surface area contributed by atoms with E-state index in [0.29, 0.717) is 18.3 Å². The van der Waals surface area contributed by atoms with Gasteiger partial charge in [0.05, 0.1) is 0 Å². The van der Waals surface area contributed by atoms with Gasteiger partial charge in [-0.1, -0.05) is 43.7 Å². The Morgan fingerprint density at radius 3 is 2.74 bits per heavy atom. The lowest BCUT2D eigenvalue weighted by atomic mass is 9.79. The minimum atomic E-state index is -0.196. The van der Waals surface area contributed by atoms with Crippen molar-refractivity contribution in [1.29, 1.82) is 0 Å². The number of hydrogen-bond acceptors (Lipinski definition) is 2. The van der Waals surface area contributed by atoms with E-state index in [2.05, 4.69) is 42.2 Å². The maximum atomic E-state index is 10.9. The van der Waals surface area contributed by atoms with Crippen molar-refractivity contribution in [2.24, 2.45) is 11.7 Å². The van der Waals surface area contributed by atoms with E-state index in [4.69, 9.17) is 5.73 Å². The number of hydrogen-bond donors (Lipinski definition) is 1. The molecule has 0 aliphatic carbocycles. The van der Waals surface area contributed by atoms with Crippen molar-refractivity contribution in [3.8, 4) is 0 Å². The molecule has 2 rings (SSSR count). The number of piperidine rings is 1. The summed E-state index contributed by atoms with van der Waals surface area (Å²) in [6, 6.07) is 10.8. The standard InChI is InChI=1S/C16H24N2O/c1-2-13-12-18(11-9-16(17)19)10-8-15(13)14-6-4-3-5-7-14/h3-7,13,15H,2,8-12H2,1H3,(H2,17,19)/t13-,15-/m1/s1. The van der Waals surface area contributed by atoms with Crippen LogP contribution in [0.3, 0.4) is 0 Å². The lowest BCUT2D eigenvalue weighted by molar-refractivity contribution is -0.118. The topological polar surface area (TPSA) is 46.3 Å². The molecule has 3 nitrogen and oxygen atoms in total.